The highest BCUT2D eigenvalue weighted by atomic mass is 15.1. The minimum absolute atomic E-state index is 0.0842. The topological polar surface area (TPSA) is 86.2 Å². The molecule has 46 valence electrons. The number of hydrogen-bond acceptors (Lipinski definition) is 5. The Hall–Kier alpha value is -2.01. The number of nitriles is 2. The molecular formula is C5HN5. The predicted molar refractivity (Wildman–Crippen MR) is 29.3 cm³/mol. The third-order valence-corrected chi connectivity index (χ3v) is 0.773. The van der Waals surface area contributed by atoms with Crippen molar-refractivity contribution in [2.24, 2.45) is 0 Å². The highest BCUT2D eigenvalue weighted by molar-refractivity contribution is 5.18. The van der Waals surface area contributed by atoms with Gasteiger partial charge in [0, 0.05) is 0 Å². The number of aromatic nitrogens is 3. The molecule has 10 heavy (non-hydrogen) atoms. The quantitative estimate of drug-likeness (QED) is 0.478. The van der Waals surface area contributed by atoms with Crippen LogP contribution in [0.5, 0.6) is 0 Å². The summed E-state index contributed by atoms with van der Waals surface area (Å²) in [6.07, 6.45) is 1.20. The van der Waals surface area contributed by atoms with E-state index in [2.05, 4.69) is 15.2 Å². The van der Waals surface area contributed by atoms with Crippen LogP contribution in [-0.2, 0) is 0 Å². The lowest BCUT2D eigenvalue weighted by molar-refractivity contribution is 0.930. The van der Waals surface area contributed by atoms with Gasteiger partial charge >= 0.3 is 0 Å². The lowest BCUT2D eigenvalue weighted by Gasteiger charge is -1.83. The zero-order valence-electron chi connectivity index (χ0n) is 4.81. The maximum absolute atomic E-state index is 8.27. The number of hydrogen-bond donors (Lipinski definition) is 0. The normalized spacial score (nSPS) is 7.80. The smallest absolute Gasteiger partial charge is 0.205 e. The lowest BCUT2D eigenvalue weighted by atomic mass is 10.5. The van der Waals surface area contributed by atoms with Crippen molar-refractivity contribution in [3.8, 4) is 12.1 Å². The molecule has 0 N–H and O–H groups in total. The first-order valence-electron chi connectivity index (χ1n) is 2.36. The zero-order valence-corrected chi connectivity index (χ0v) is 4.81. The summed E-state index contributed by atoms with van der Waals surface area (Å²) in [5, 5.41) is 23.2. The molecule has 0 unspecified atom stereocenters. The van der Waals surface area contributed by atoms with Crippen LogP contribution in [0.3, 0.4) is 0 Å². The van der Waals surface area contributed by atoms with Gasteiger partial charge in [-0.15, -0.1) is 5.10 Å². The van der Waals surface area contributed by atoms with Crippen molar-refractivity contribution >= 4 is 0 Å². The second-order valence-corrected chi connectivity index (χ2v) is 1.39. The molecule has 0 atom stereocenters. The highest BCUT2D eigenvalue weighted by Crippen LogP contribution is 1.86. The molecule has 1 heterocycles. The van der Waals surface area contributed by atoms with Crippen molar-refractivity contribution in [1.29, 1.82) is 10.5 Å². The standard InChI is InChI=1S/C5HN5/c6-1-4-3-8-10-5(2-7)9-4/h3H. The van der Waals surface area contributed by atoms with Crippen LogP contribution in [0.15, 0.2) is 6.20 Å². The summed E-state index contributed by atoms with van der Waals surface area (Å²) < 4.78 is 0. The Kier molecular flexibility index (Phi) is 1.54. The minimum atomic E-state index is -0.0842. The molecule has 1 rings (SSSR count). The molecule has 0 radical (unpaired) electrons. The Morgan fingerprint density at radius 3 is 2.70 bits per heavy atom. The summed E-state index contributed by atoms with van der Waals surface area (Å²) in [6, 6.07) is 3.40. The van der Waals surface area contributed by atoms with E-state index in [1.807, 2.05) is 0 Å². The van der Waals surface area contributed by atoms with E-state index in [1.165, 1.54) is 6.20 Å². The van der Waals surface area contributed by atoms with E-state index in [0.29, 0.717) is 0 Å². The van der Waals surface area contributed by atoms with Crippen molar-refractivity contribution < 1.29 is 0 Å². The molecule has 5 nitrogen and oxygen atoms in total. The van der Waals surface area contributed by atoms with E-state index in [0.717, 1.165) is 0 Å². The maximum atomic E-state index is 8.27. The lowest BCUT2D eigenvalue weighted by Crippen LogP contribution is -1.93. The molecule has 0 aliphatic rings. The molecule has 0 saturated heterocycles. The highest BCUT2D eigenvalue weighted by Gasteiger charge is 1.95. The van der Waals surface area contributed by atoms with Gasteiger partial charge in [0.25, 0.3) is 5.82 Å². The van der Waals surface area contributed by atoms with Crippen LogP contribution in [0, 0.1) is 22.7 Å². The van der Waals surface area contributed by atoms with Crippen LogP contribution in [0.25, 0.3) is 0 Å². The van der Waals surface area contributed by atoms with Crippen molar-refractivity contribution in [3.05, 3.63) is 17.7 Å². The van der Waals surface area contributed by atoms with E-state index < -0.39 is 0 Å². The fourth-order valence-electron chi connectivity index (χ4n) is 0.405. The van der Waals surface area contributed by atoms with E-state index in [-0.39, 0.29) is 11.5 Å². The van der Waals surface area contributed by atoms with Crippen LogP contribution >= 0.6 is 0 Å². The Morgan fingerprint density at radius 2 is 2.10 bits per heavy atom. The van der Waals surface area contributed by atoms with Gasteiger partial charge in [-0.05, 0) is 0 Å². The second-order valence-electron chi connectivity index (χ2n) is 1.39. The van der Waals surface area contributed by atoms with Gasteiger partial charge in [0.1, 0.15) is 12.1 Å². The van der Waals surface area contributed by atoms with Crippen molar-refractivity contribution in [3.63, 3.8) is 0 Å². The first-order chi connectivity index (χ1) is 4.86. The van der Waals surface area contributed by atoms with E-state index >= 15 is 0 Å². The summed E-state index contributed by atoms with van der Waals surface area (Å²) in [5.41, 5.74) is 0.103. The van der Waals surface area contributed by atoms with Gasteiger partial charge in [-0.1, -0.05) is 0 Å². The molecule has 0 aromatic carbocycles. The molecule has 0 fully saturated rings. The fraction of sp³-hybridized carbons (Fsp3) is 0. The maximum Gasteiger partial charge on any atom is 0.254 e. The van der Waals surface area contributed by atoms with Crippen LogP contribution in [0.4, 0.5) is 0 Å². The third-order valence-electron chi connectivity index (χ3n) is 0.773. The van der Waals surface area contributed by atoms with Crippen LogP contribution < -0.4 is 0 Å². The van der Waals surface area contributed by atoms with Gasteiger partial charge in [0.15, 0.2) is 5.69 Å². The Labute approximate surface area is 56.6 Å². The molecule has 0 saturated carbocycles. The molecule has 5 heteroatoms. The van der Waals surface area contributed by atoms with Gasteiger partial charge in [0.05, 0.1) is 6.20 Å². The molecule has 0 bridgehead atoms. The Bertz CT molecular complexity index is 288. The van der Waals surface area contributed by atoms with E-state index in [4.69, 9.17) is 10.5 Å². The summed E-state index contributed by atoms with van der Waals surface area (Å²) in [7, 11) is 0. The fourth-order valence-corrected chi connectivity index (χ4v) is 0.405. The average molecular weight is 131 g/mol. The van der Waals surface area contributed by atoms with Gasteiger partial charge in [0.2, 0.25) is 0 Å². The second kappa shape index (κ2) is 2.51. The monoisotopic (exact) mass is 131 g/mol. The SMILES string of the molecule is N#Cc1cnnc(C#N)n1. The molecule has 1 aromatic rings. The van der Waals surface area contributed by atoms with Crippen molar-refractivity contribution in [2.45, 2.75) is 0 Å². The van der Waals surface area contributed by atoms with Gasteiger partial charge in [-0.25, -0.2) is 4.98 Å². The first-order valence-corrected chi connectivity index (χ1v) is 2.36. The zero-order chi connectivity index (χ0) is 7.40. The Morgan fingerprint density at radius 1 is 1.30 bits per heavy atom. The summed E-state index contributed by atoms with van der Waals surface area (Å²) in [4.78, 5) is 3.51. The van der Waals surface area contributed by atoms with Crippen LogP contribution in [0.2, 0.25) is 0 Å². The van der Waals surface area contributed by atoms with Crippen LogP contribution in [-0.4, -0.2) is 15.2 Å². The first kappa shape index (κ1) is 6.12. The third kappa shape index (κ3) is 1.04. The Balaban J connectivity index is 3.17. The molecule has 0 aliphatic heterocycles. The van der Waals surface area contributed by atoms with Gasteiger partial charge in [-0.2, -0.15) is 15.6 Å². The average Bonchev–Trinajstić information content (AvgIpc) is 2.05. The summed E-state index contributed by atoms with van der Waals surface area (Å²) >= 11 is 0. The number of nitrogens with zero attached hydrogens (tertiary/aromatic N) is 5. The van der Waals surface area contributed by atoms with Crippen LogP contribution in [0.1, 0.15) is 11.5 Å². The van der Waals surface area contributed by atoms with Gasteiger partial charge in [-0.3, -0.25) is 0 Å². The van der Waals surface area contributed by atoms with E-state index in [1.54, 1.807) is 12.1 Å². The molecular weight excluding hydrogens is 130 g/mol. The molecule has 0 amide bonds. The molecule has 0 spiro atoms. The summed E-state index contributed by atoms with van der Waals surface area (Å²) in [5.74, 6) is -0.0842. The minimum Gasteiger partial charge on any atom is -0.205 e. The van der Waals surface area contributed by atoms with Crippen molar-refractivity contribution in [2.75, 3.05) is 0 Å². The molecule has 0 aliphatic carbocycles. The number of rotatable bonds is 0. The summed E-state index contributed by atoms with van der Waals surface area (Å²) in [6.45, 7) is 0. The van der Waals surface area contributed by atoms with E-state index in [9.17, 15) is 0 Å². The van der Waals surface area contributed by atoms with Crippen molar-refractivity contribution in [1.82, 2.24) is 15.2 Å². The largest absolute Gasteiger partial charge is 0.254 e. The predicted octanol–water partition coefficient (Wildman–Crippen LogP) is -0.385. The molecule has 1 aromatic heterocycles. The van der Waals surface area contributed by atoms with Gasteiger partial charge < -0.3 is 0 Å².